The second-order valence-corrected chi connectivity index (χ2v) is 7.70. The molecule has 0 unspecified atom stereocenters. The highest BCUT2D eigenvalue weighted by molar-refractivity contribution is 5.91. The van der Waals surface area contributed by atoms with E-state index in [1.54, 1.807) is 6.07 Å². The zero-order valence-electron chi connectivity index (χ0n) is 16.9. The van der Waals surface area contributed by atoms with Gasteiger partial charge in [0.1, 0.15) is 0 Å². The lowest BCUT2D eigenvalue weighted by atomic mass is 9.81. The molecule has 0 saturated heterocycles. The van der Waals surface area contributed by atoms with Crippen molar-refractivity contribution in [3.8, 4) is 0 Å². The number of alkyl halides is 3. The Kier molecular flexibility index (Phi) is 6.65. The first-order valence-electron chi connectivity index (χ1n) is 10.3. The average Bonchev–Trinajstić information content (AvgIpc) is 2.72. The fourth-order valence-electron chi connectivity index (χ4n) is 4.14. The number of hydrogen-bond donors (Lipinski definition) is 1. The summed E-state index contributed by atoms with van der Waals surface area (Å²) >= 11 is 0. The van der Waals surface area contributed by atoms with Gasteiger partial charge in [-0.3, -0.25) is 9.78 Å². The van der Waals surface area contributed by atoms with Crippen molar-refractivity contribution in [3.05, 3.63) is 36.0 Å². The number of halogens is 3. The molecule has 1 N–H and O–H groups in total. The summed E-state index contributed by atoms with van der Waals surface area (Å²) in [6.07, 6.45) is 0.907. The van der Waals surface area contributed by atoms with Crippen molar-refractivity contribution in [2.75, 3.05) is 25.0 Å². The van der Waals surface area contributed by atoms with Crippen LogP contribution in [0, 0.1) is 11.8 Å². The van der Waals surface area contributed by atoms with Gasteiger partial charge in [-0.2, -0.15) is 13.2 Å². The van der Waals surface area contributed by atoms with Crippen LogP contribution in [-0.4, -0.2) is 35.4 Å². The molecule has 3 rings (SSSR count). The molecule has 1 saturated carbocycles. The Morgan fingerprint density at radius 2 is 1.83 bits per heavy atom. The minimum absolute atomic E-state index is 0.119. The maximum absolute atomic E-state index is 12.9. The predicted octanol–water partition coefficient (Wildman–Crippen LogP) is 5.34. The topological polar surface area (TPSA) is 45.2 Å². The monoisotopic (exact) mass is 407 g/mol. The number of aromatic nitrogens is 1. The first-order chi connectivity index (χ1) is 13.8. The number of rotatable bonds is 6. The fourth-order valence-corrected chi connectivity index (χ4v) is 4.14. The smallest absolute Gasteiger partial charge is 0.384 e. The molecule has 2 aromatic rings. The van der Waals surface area contributed by atoms with Gasteiger partial charge < -0.3 is 10.2 Å². The Balaban J connectivity index is 1.60. The molecule has 4 nitrogen and oxygen atoms in total. The molecule has 1 aromatic heterocycles. The molecule has 1 amide bonds. The van der Waals surface area contributed by atoms with E-state index in [0.29, 0.717) is 16.8 Å². The van der Waals surface area contributed by atoms with Gasteiger partial charge in [0, 0.05) is 42.8 Å². The summed E-state index contributed by atoms with van der Waals surface area (Å²) in [5, 5.41) is 4.07. The van der Waals surface area contributed by atoms with Crippen LogP contribution < -0.4 is 5.32 Å². The number of fused-ring (bicyclic) bond motifs is 1. The van der Waals surface area contributed by atoms with E-state index >= 15 is 0 Å². The minimum atomic E-state index is -4.37. The van der Waals surface area contributed by atoms with Crippen LogP contribution in [0.3, 0.4) is 0 Å². The Morgan fingerprint density at radius 1 is 1.14 bits per heavy atom. The lowest BCUT2D eigenvalue weighted by Crippen LogP contribution is -2.38. The van der Waals surface area contributed by atoms with Gasteiger partial charge in [-0.15, -0.1) is 0 Å². The summed E-state index contributed by atoms with van der Waals surface area (Å²) in [5.41, 5.74) is 0.439. The number of anilines is 1. The Labute approximate surface area is 169 Å². The van der Waals surface area contributed by atoms with Crippen molar-refractivity contribution >= 4 is 22.5 Å². The molecule has 7 heteroatoms. The third-order valence-corrected chi connectivity index (χ3v) is 5.92. The zero-order chi connectivity index (χ0) is 21.0. The number of pyridine rings is 1. The molecule has 29 heavy (non-hydrogen) atoms. The van der Waals surface area contributed by atoms with Crippen LogP contribution in [0.15, 0.2) is 30.5 Å². The van der Waals surface area contributed by atoms with Crippen LogP contribution in [-0.2, 0) is 11.0 Å². The van der Waals surface area contributed by atoms with Gasteiger partial charge >= 0.3 is 6.18 Å². The normalized spacial score (nSPS) is 19.9. The number of hydrogen-bond acceptors (Lipinski definition) is 3. The largest absolute Gasteiger partial charge is 0.416 e. The van der Waals surface area contributed by atoms with Crippen LogP contribution in [0.4, 0.5) is 18.9 Å². The highest BCUT2D eigenvalue weighted by Gasteiger charge is 2.31. The van der Waals surface area contributed by atoms with Crippen molar-refractivity contribution in [1.82, 2.24) is 9.88 Å². The second-order valence-electron chi connectivity index (χ2n) is 7.70. The molecule has 1 aliphatic carbocycles. The van der Waals surface area contributed by atoms with Crippen LogP contribution in [0.25, 0.3) is 10.9 Å². The SMILES string of the molecule is CCN(CC)C(=O)C1CCC(CNc2ccnc3cc(C(F)(F)F)ccc23)CC1. The van der Waals surface area contributed by atoms with E-state index in [1.165, 1.54) is 12.3 Å². The van der Waals surface area contributed by atoms with Crippen molar-refractivity contribution in [1.29, 1.82) is 0 Å². The molecule has 1 fully saturated rings. The van der Waals surface area contributed by atoms with Crippen LogP contribution >= 0.6 is 0 Å². The number of carbonyl (C=O) groups is 1. The van der Waals surface area contributed by atoms with E-state index in [4.69, 9.17) is 0 Å². The second kappa shape index (κ2) is 9.01. The van der Waals surface area contributed by atoms with E-state index in [0.717, 1.165) is 63.1 Å². The quantitative estimate of drug-likeness (QED) is 0.703. The molecule has 1 aliphatic rings. The summed E-state index contributed by atoms with van der Waals surface area (Å²) in [6.45, 7) is 6.26. The Bertz CT molecular complexity index is 841. The van der Waals surface area contributed by atoms with Crippen molar-refractivity contribution < 1.29 is 18.0 Å². The molecule has 0 spiro atoms. The third-order valence-electron chi connectivity index (χ3n) is 5.92. The molecule has 1 heterocycles. The van der Waals surface area contributed by atoms with Crippen molar-refractivity contribution in [2.45, 2.75) is 45.7 Å². The van der Waals surface area contributed by atoms with Gasteiger partial charge in [0.25, 0.3) is 0 Å². The number of benzene rings is 1. The van der Waals surface area contributed by atoms with Gasteiger partial charge in [-0.25, -0.2) is 0 Å². The highest BCUT2D eigenvalue weighted by Crippen LogP contribution is 2.34. The minimum Gasteiger partial charge on any atom is -0.384 e. The van der Waals surface area contributed by atoms with E-state index in [9.17, 15) is 18.0 Å². The number of amides is 1. The summed E-state index contributed by atoms with van der Waals surface area (Å²) in [6, 6.07) is 5.46. The first-order valence-corrected chi connectivity index (χ1v) is 10.3. The number of carbonyl (C=O) groups excluding carboxylic acids is 1. The summed E-state index contributed by atoms with van der Waals surface area (Å²) in [4.78, 5) is 18.5. The van der Waals surface area contributed by atoms with E-state index in [2.05, 4.69) is 10.3 Å². The molecule has 158 valence electrons. The van der Waals surface area contributed by atoms with Crippen LogP contribution in [0.2, 0.25) is 0 Å². The van der Waals surface area contributed by atoms with Gasteiger partial charge in [0.05, 0.1) is 11.1 Å². The summed E-state index contributed by atoms with van der Waals surface area (Å²) in [7, 11) is 0. The lowest BCUT2D eigenvalue weighted by molar-refractivity contribution is -0.137. The predicted molar refractivity (Wildman–Crippen MR) is 109 cm³/mol. The van der Waals surface area contributed by atoms with Gasteiger partial charge in [-0.1, -0.05) is 6.07 Å². The average molecular weight is 407 g/mol. The number of nitrogens with zero attached hydrogens (tertiary/aromatic N) is 2. The van der Waals surface area contributed by atoms with Gasteiger partial charge in [0.2, 0.25) is 5.91 Å². The molecule has 0 atom stereocenters. The Hall–Kier alpha value is -2.31. The van der Waals surface area contributed by atoms with Crippen LogP contribution in [0.1, 0.15) is 45.1 Å². The highest BCUT2D eigenvalue weighted by atomic mass is 19.4. The summed E-state index contributed by atoms with van der Waals surface area (Å²) < 4.78 is 38.8. The van der Waals surface area contributed by atoms with Gasteiger partial charge in [0.15, 0.2) is 0 Å². The molecular weight excluding hydrogens is 379 g/mol. The number of nitrogens with one attached hydrogen (secondary N) is 1. The molecule has 0 radical (unpaired) electrons. The standard InChI is InChI=1S/C22H28F3N3O/c1-3-28(4-2)21(29)16-7-5-15(6-8-16)14-27-19-11-12-26-20-13-17(22(23,24)25)9-10-18(19)20/h9-13,15-16H,3-8,14H2,1-2H3,(H,26,27). The van der Waals surface area contributed by atoms with Crippen LogP contribution in [0.5, 0.6) is 0 Å². The molecular formula is C22H28F3N3O. The zero-order valence-corrected chi connectivity index (χ0v) is 16.9. The first kappa shape index (κ1) is 21.4. The van der Waals surface area contributed by atoms with Crippen molar-refractivity contribution in [2.24, 2.45) is 11.8 Å². The fraction of sp³-hybridized carbons (Fsp3) is 0.545. The maximum atomic E-state index is 12.9. The van der Waals surface area contributed by atoms with Gasteiger partial charge in [-0.05, 0) is 63.6 Å². The third kappa shape index (κ3) is 5.00. The van der Waals surface area contributed by atoms with E-state index in [-0.39, 0.29) is 11.8 Å². The molecule has 1 aromatic carbocycles. The maximum Gasteiger partial charge on any atom is 0.416 e. The van der Waals surface area contributed by atoms with E-state index in [1.807, 2.05) is 18.7 Å². The lowest BCUT2D eigenvalue weighted by Gasteiger charge is -2.31. The molecule has 0 aliphatic heterocycles. The van der Waals surface area contributed by atoms with E-state index < -0.39 is 11.7 Å². The van der Waals surface area contributed by atoms with Crippen molar-refractivity contribution in [3.63, 3.8) is 0 Å². The summed E-state index contributed by atoms with van der Waals surface area (Å²) in [5.74, 6) is 0.837. The molecule has 0 bridgehead atoms. The Morgan fingerprint density at radius 3 is 2.45 bits per heavy atom.